The van der Waals surface area contributed by atoms with Crippen LogP contribution in [0.5, 0.6) is 5.75 Å². The van der Waals surface area contributed by atoms with Crippen LogP contribution in [0, 0.1) is 21.4 Å². The molecule has 1 aromatic heterocycles. The Labute approximate surface area is 165 Å². The largest absolute Gasteiger partial charge is 0.495 e. The first-order valence-electron chi connectivity index (χ1n) is 8.38. The minimum Gasteiger partial charge on any atom is -0.495 e. The fraction of sp³-hybridized carbons (Fsp3) is 0.0500. The Bertz CT molecular complexity index is 1140. The van der Waals surface area contributed by atoms with Crippen LogP contribution in [0.15, 0.2) is 60.3 Å². The van der Waals surface area contributed by atoms with Crippen LogP contribution in [0.2, 0.25) is 0 Å². The molecule has 0 saturated heterocycles. The molecule has 2 N–H and O–H groups in total. The molecule has 1 amide bonds. The third kappa shape index (κ3) is 4.28. The summed E-state index contributed by atoms with van der Waals surface area (Å²) in [4.78, 5) is 23.1. The summed E-state index contributed by atoms with van der Waals surface area (Å²) in [5, 5.41) is 29.8. The lowest BCUT2D eigenvalue weighted by Crippen LogP contribution is -2.14. The number of nitro groups is 1. The number of non-ortho nitro benzene ring substituents is 1. The van der Waals surface area contributed by atoms with Crippen molar-refractivity contribution in [3.8, 4) is 23.1 Å². The van der Waals surface area contributed by atoms with E-state index in [1.807, 2.05) is 6.07 Å². The van der Waals surface area contributed by atoms with Gasteiger partial charge in [0.15, 0.2) is 0 Å². The topological polar surface area (TPSA) is 134 Å². The van der Waals surface area contributed by atoms with Gasteiger partial charge in [0.1, 0.15) is 17.4 Å². The van der Waals surface area contributed by atoms with Gasteiger partial charge in [0.25, 0.3) is 11.6 Å². The number of hydrogen-bond donors (Lipinski definition) is 2. The van der Waals surface area contributed by atoms with Gasteiger partial charge < -0.3 is 10.1 Å². The van der Waals surface area contributed by atoms with E-state index in [9.17, 15) is 20.2 Å². The van der Waals surface area contributed by atoms with Crippen LogP contribution in [0.25, 0.3) is 17.3 Å². The summed E-state index contributed by atoms with van der Waals surface area (Å²) >= 11 is 0. The van der Waals surface area contributed by atoms with E-state index in [1.165, 1.54) is 31.5 Å². The highest BCUT2D eigenvalue weighted by atomic mass is 16.6. The Kier molecular flexibility index (Phi) is 5.66. The second-order valence-electron chi connectivity index (χ2n) is 5.83. The Morgan fingerprint density at radius 1 is 1.31 bits per heavy atom. The average Bonchev–Trinajstić information content (AvgIpc) is 3.20. The van der Waals surface area contributed by atoms with Crippen LogP contribution in [0.1, 0.15) is 5.56 Å². The van der Waals surface area contributed by atoms with Crippen LogP contribution in [0.4, 0.5) is 11.4 Å². The van der Waals surface area contributed by atoms with Crippen molar-refractivity contribution < 1.29 is 14.5 Å². The smallest absolute Gasteiger partial charge is 0.270 e. The standard InChI is InChI=1S/C20H15N5O4/c1-29-18-8-3-2-7-17(18)23-20(26)14(11-21)9-15-12-22-24-19(15)13-5-4-6-16(10-13)25(27)28/h2-10,12H,1H3,(H,22,24)(H,23,26)/b14-9+. The van der Waals surface area contributed by atoms with Crippen molar-refractivity contribution in [1.29, 1.82) is 5.26 Å². The molecule has 0 atom stereocenters. The number of nitriles is 1. The van der Waals surface area contributed by atoms with Gasteiger partial charge in [-0.3, -0.25) is 20.0 Å². The Morgan fingerprint density at radius 3 is 2.83 bits per heavy atom. The van der Waals surface area contributed by atoms with E-state index in [0.717, 1.165) is 0 Å². The van der Waals surface area contributed by atoms with E-state index < -0.39 is 10.8 Å². The molecule has 0 unspecified atom stereocenters. The molecule has 0 aliphatic heterocycles. The van der Waals surface area contributed by atoms with Gasteiger partial charge in [0.2, 0.25) is 0 Å². The van der Waals surface area contributed by atoms with Crippen molar-refractivity contribution in [2.75, 3.05) is 12.4 Å². The van der Waals surface area contributed by atoms with Crippen LogP contribution >= 0.6 is 0 Å². The first-order valence-corrected chi connectivity index (χ1v) is 8.38. The quantitative estimate of drug-likeness (QED) is 0.287. The average molecular weight is 389 g/mol. The molecule has 3 rings (SSSR count). The lowest BCUT2D eigenvalue weighted by Gasteiger charge is -2.09. The highest BCUT2D eigenvalue weighted by Gasteiger charge is 2.15. The van der Waals surface area contributed by atoms with E-state index in [0.29, 0.717) is 28.3 Å². The van der Waals surface area contributed by atoms with E-state index >= 15 is 0 Å². The highest BCUT2D eigenvalue weighted by Crippen LogP contribution is 2.27. The number of para-hydroxylation sites is 2. The van der Waals surface area contributed by atoms with Crippen molar-refractivity contribution >= 4 is 23.4 Å². The van der Waals surface area contributed by atoms with E-state index in [2.05, 4.69) is 15.5 Å². The molecule has 3 aromatic rings. The maximum atomic E-state index is 12.6. The number of methoxy groups -OCH3 is 1. The Morgan fingerprint density at radius 2 is 2.10 bits per heavy atom. The number of ether oxygens (including phenoxy) is 1. The van der Waals surface area contributed by atoms with Gasteiger partial charge in [-0.25, -0.2) is 0 Å². The maximum absolute atomic E-state index is 12.6. The van der Waals surface area contributed by atoms with Crippen LogP contribution < -0.4 is 10.1 Å². The Balaban J connectivity index is 1.92. The summed E-state index contributed by atoms with van der Waals surface area (Å²) in [6.45, 7) is 0. The summed E-state index contributed by atoms with van der Waals surface area (Å²) in [5.41, 5.74) is 1.58. The first-order chi connectivity index (χ1) is 14.0. The van der Waals surface area contributed by atoms with Gasteiger partial charge in [-0.15, -0.1) is 0 Å². The number of benzene rings is 2. The predicted molar refractivity (Wildman–Crippen MR) is 106 cm³/mol. The van der Waals surface area contributed by atoms with Crippen molar-refractivity contribution in [1.82, 2.24) is 10.2 Å². The molecule has 0 bridgehead atoms. The maximum Gasteiger partial charge on any atom is 0.270 e. The van der Waals surface area contributed by atoms with Gasteiger partial charge in [-0.2, -0.15) is 10.4 Å². The molecule has 2 aromatic carbocycles. The second-order valence-corrected chi connectivity index (χ2v) is 5.83. The zero-order chi connectivity index (χ0) is 20.8. The molecule has 0 aliphatic carbocycles. The highest BCUT2D eigenvalue weighted by molar-refractivity contribution is 6.10. The number of aromatic nitrogens is 2. The van der Waals surface area contributed by atoms with E-state index in [-0.39, 0.29) is 11.3 Å². The third-order valence-corrected chi connectivity index (χ3v) is 4.03. The lowest BCUT2D eigenvalue weighted by atomic mass is 10.1. The SMILES string of the molecule is COc1ccccc1NC(=O)/C(C#N)=C/c1cn[nH]c1-c1cccc([N+](=O)[O-])c1. The lowest BCUT2D eigenvalue weighted by molar-refractivity contribution is -0.384. The molecule has 9 nitrogen and oxygen atoms in total. The normalized spacial score (nSPS) is 10.8. The van der Waals surface area contributed by atoms with Crippen molar-refractivity contribution in [2.45, 2.75) is 0 Å². The molecule has 0 aliphatic rings. The number of aromatic amines is 1. The summed E-state index contributed by atoms with van der Waals surface area (Å²) < 4.78 is 5.19. The number of anilines is 1. The number of H-pyrrole nitrogens is 1. The molecule has 0 saturated carbocycles. The van der Waals surface area contributed by atoms with Crippen molar-refractivity contribution in [2.24, 2.45) is 0 Å². The van der Waals surface area contributed by atoms with Gasteiger partial charge in [-0.1, -0.05) is 24.3 Å². The number of carbonyl (C=O) groups excluding carboxylic acids is 1. The zero-order valence-corrected chi connectivity index (χ0v) is 15.2. The molecule has 9 heteroatoms. The Hall–Kier alpha value is -4.45. The first kappa shape index (κ1) is 19.3. The number of amides is 1. The molecule has 0 radical (unpaired) electrons. The minimum absolute atomic E-state index is 0.0820. The van der Waals surface area contributed by atoms with Gasteiger partial charge >= 0.3 is 0 Å². The minimum atomic E-state index is -0.622. The van der Waals surface area contributed by atoms with Crippen LogP contribution in [0.3, 0.4) is 0 Å². The third-order valence-electron chi connectivity index (χ3n) is 4.03. The van der Waals surface area contributed by atoms with Gasteiger partial charge in [0.05, 0.1) is 29.6 Å². The molecule has 1 heterocycles. The summed E-state index contributed by atoms with van der Waals surface area (Å²) in [5.74, 6) is -0.165. The fourth-order valence-electron chi connectivity index (χ4n) is 2.65. The summed E-state index contributed by atoms with van der Waals surface area (Å²) in [7, 11) is 1.48. The fourth-order valence-corrected chi connectivity index (χ4v) is 2.65. The summed E-state index contributed by atoms with van der Waals surface area (Å²) in [6.07, 6.45) is 2.80. The number of carbonyl (C=O) groups is 1. The molecule has 144 valence electrons. The van der Waals surface area contributed by atoms with Gasteiger partial charge in [0, 0.05) is 23.3 Å². The molecular weight excluding hydrogens is 374 g/mol. The second kappa shape index (κ2) is 8.49. The predicted octanol–water partition coefficient (Wildman–Crippen LogP) is 3.54. The zero-order valence-electron chi connectivity index (χ0n) is 15.2. The number of hydrogen-bond acceptors (Lipinski definition) is 6. The number of nitrogens with zero attached hydrogens (tertiary/aromatic N) is 3. The van der Waals surface area contributed by atoms with Crippen molar-refractivity contribution in [3.63, 3.8) is 0 Å². The number of nitro benzene ring substituents is 1. The molecule has 0 fully saturated rings. The molecular formula is C20H15N5O4. The van der Waals surface area contributed by atoms with Crippen LogP contribution in [-0.2, 0) is 4.79 Å². The van der Waals surface area contributed by atoms with E-state index in [4.69, 9.17) is 4.74 Å². The summed E-state index contributed by atoms with van der Waals surface area (Å²) in [6, 6.07) is 14.6. The van der Waals surface area contributed by atoms with Crippen molar-refractivity contribution in [3.05, 3.63) is 76.0 Å². The molecule has 0 spiro atoms. The van der Waals surface area contributed by atoms with E-state index in [1.54, 1.807) is 36.4 Å². The van der Waals surface area contributed by atoms with Crippen LogP contribution in [-0.4, -0.2) is 28.1 Å². The monoisotopic (exact) mass is 389 g/mol. The van der Waals surface area contributed by atoms with Gasteiger partial charge in [-0.05, 0) is 18.2 Å². The number of rotatable bonds is 6. The molecule has 29 heavy (non-hydrogen) atoms. The number of nitrogens with one attached hydrogen (secondary N) is 2.